The monoisotopic (exact) mass is 420 g/mol. The smallest absolute Gasteiger partial charge is 0.433 e. The van der Waals surface area contributed by atoms with Crippen molar-refractivity contribution in [1.29, 1.82) is 0 Å². The van der Waals surface area contributed by atoms with Crippen LogP contribution in [-0.2, 0) is 23.1 Å². The zero-order chi connectivity index (χ0) is 19.6. The molecule has 0 aliphatic carbocycles. The van der Waals surface area contributed by atoms with Crippen LogP contribution in [0.25, 0.3) is 0 Å². The van der Waals surface area contributed by atoms with E-state index >= 15 is 0 Å². The first-order valence-electron chi connectivity index (χ1n) is 7.83. The molecular weight excluding hydrogens is 389 g/mol. The molecule has 0 aromatic carbocycles. The van der Waals surface area contributed by atoms with Crippen LogP contribution < -0.4 is 0 Å². The molecule has 0 aliphatic heterocycles. The van der Waals surface area contributed by atoms with Crippen molar-refractivity contribution in [3.63, 3.8) is 0 Å². The predicted octanol–water partition coefficient (Wildman–Crippen LogP) is 3.16. The molecule has 0 aromatic rings. The van der Waals surface area contributed by atoms with Crippen molar-refractivity contribution in [2.45, 2.75) is 26.4 Å². The number of ether oxygens (including phenoxy) is 2. The quantitative estimate of drug-likeness (QED) is 0.168. The summed E-state index contributed by atoms with van der Waals surface area (Å²) in [7, 11) is 4.83. The number of phosphoric acid groups is 1. The molecule has 1 unspecified atom stereocenters. The Kier molecular flexibility index (Phi) is 11.7. The van der Waals surface area contributed by atoms with Gasteiger partial charge < -0.3 is 18.9 Å². The molecule has 0 fully saturated rings. The van der Waals surface area contributed by atoms with Crippen LogP contribution in [0.15, 0.2) is 0 Å². The first kappa shape index (κ1) is 25.0. The molecule has 1 N–H and O–H groups in total. The second kappa shape index (κ2) is 11.7. The van der Waals surface area contributed by atoms with Gasteiger partial charge in [0.15, 0.2) is 0 Å². The molecule has 0 radical (unpaired) electrons. The fourth-order valence-electron chi connectivity index (χ4n) is 1.21. The van der Waals surface area contributed by atoms with E-state index in [-0.39, 0.29) is 19.8 Å². The van der Waals surface area contributed by atoms with Gasteiger partial charge in [-0.25, -0.2) is 9.36 Å². The summed E-state index contributed by atoms with van der Waals surface area (Å²) in [6.45, 7) is 6.40. The van der Waals surface area contributed by atoms with Gasteiger partial charge in [-0.05, 0) is 20.8 Å². The van der Waals surface area contributed by atoms with Crippen molar-refractivity contribution in [3.8, 4) is 0 Å². The molecule has 11 heteroatoms. The van der Waals surface area contributed by atoms with Gasteiger partial charge in [0.05, 0.1) is 27.7 Å². The van der Waals surface area contributed by atoms with Crippen molar-refractivity contribution >= 4 is 35.6 Å². The minimum absolute atomic E-state index is 0.0999. The number of quaternary nitrogens is 1. The Morgan fingerprint density at radius 3 is 2.08 bits per heavy atom. The predicted molar refractivity (Wildman–Crippen MR) is 102 cm³/mol. The third kappa shape index (κ3) is 18.6. The average Bonchev–Trinajstić information content (AvgIpc) is 2.37. The molecule has 1 atom stereocenters. The zero-order valence-corrected chi connectivity index (χ0v) is 18.4. The number of carbonyl (C=O) groups is 1. The van der Waals surface area contributed by atoms with Gasteiger partial charge in [0.2, 0.25) is 0 Å². The van der Waals surface area contributed by atoms with E-state index in [0.29, 0.717) is 22.5 Å². The maximum absolute atomic E-state index is 11.6. The van der Waals surface area contributed by atoms with E-state index in [1.807, 2.05) is 21.1 Å². The van der Waals surface area contributed by atoms with Crippen molar-refractivity contribution < 1.29 is 37.3 Å². The maximum atomic E-state index is 11.6. The lowest BCUT2D eigenvalue weighted by Crippen LogP contribution is -2.37. The van der Waals surface area contributed by atoms with E-state index in [1.165, 1.54) is 21.6 Å². The first-order valence-corrected chi connectivity index (χ1v) is 11.8. The lowest BCUT2D eigenvalue weighted by Gasteiger charge is -2.23. The molecule has 0 spiro atoms. The summed E-state index contributed by atoms with van der Waals surface area (Å²) < 4.78 is 32.0. The molecular formula is C14H31NO7PS2+. The highest BCUT2D eigenvalue weighted by Gasteiger charge is 2.22. The lowest BCUT2D eigenvalue weighted by atomic mass is 10.2. The minimum atomic E-state index is -3.99. The third-order valence-corrected chi connectivity index (χ3v) is 5.65. The van der Waals surface area contributed by atoms with Crippen LogP contribution in [0.4, 0.5) is 4.79 Å². The number of likely N-dealkylation sites (N-methyl/N-ethyl adjacent to an activating group) is 1. The maximum Gasteiger partial charge on any atom is 0.508 e. The zero-order valence-electron chi connectivity index (χ0n) is 15.9. The number of nitrogens with zero attached hydrogens (tertiary/aromatic N) is 1. The molecule has 0 bridgehead atoms. The third-order valence-electron chi connectivity index (χ3n) is 2.30. The van der Waals surface area contributed by atoms with Gasteiger partial charge in [-0.2, -0.15) is 0 Å². The molecule has 8 nitrogen and oxygen atoms in total. The molecule has 0 amide bonds. The highest BCUT2D eigenvalue weighted by Crippen LogP contribution is 2.43. The van der Waals surface area contributed by atoms with E-state index < -0.39 is 19.6 Å². The van der Waals surface area contributed by atoms with Gasteiger partial charge in [-0.15, -0.1) is 0 Å². The summed E-state index contributed by atoms with van der Waals surface area (Å²) in [6, 6.07) is 0. The molecule has 25 heavy (non-hydrogen) atoms. The molecule has 0 aliphatic rings. The number of phosphoric ester groups is 1. The van der Waals surface area contributed by atoms with E-state index in [1.54, 1.807) is 20.8 Å². The van der Waals surface area contributed by atoms with Crippen LogP contribution in [-0.4, -0.2) is 80.1 Å². The number of rotatable bonds is 12. The van der Waals surface area contributed by atoms with E-state index in [9.17, 15) is 14.3 Å². The van der Waals surface area contributed by atoms with Crippen LogP contribution in [0, 0.1) is 0 Å². The Morgan fingerprint density at radius 1 is 1.04 bits per heavy atom. The summed E-state index contributed by atoms with van der Waals surface area (Å²) in [5.74, 6) is 1.10. The average molecular weight is 421 g/mol. The Hall–Kier alpha value is 0.0400. The summed E-state index contributed by atoms with van der Waals surface area (Å²) in [5.41, 5.74) is -0.567. The first-order chi connectivity index (χ1) is 11.3. The molecule has 0 heterocycles. The number of hydrogen-bond acceptors (Lipinski definition) is 8. The van der Waals surface area contributed by atoms with Crippen LogP contribution in [0.3, 0.4) is 0 Å². The number of hydrogen-bond donors (Lipinski definition) is 1. The molecule has 0 rings (SSSR count). The van der Waals surface area contributed by atoms with Crippen molar-refractivity contribution in [1.82, 2.24) is 0 Å². The topological polar surface area (TPSA) is 91.3 Å². The second-order valence-corrected chi connectivity index (χ2v) is 11.3. The largest absolute Gasteiger partial charge is 0.508 e. The SMILES string of the molecule is CC(C)(C)OC(=O)OCCSSCCOP(=O)(O)OCC[N+](C)(C)C. The highest BCUT2D eigenvalue weighted by molar-refractivity contribution is 8.76. The van der Waals surface area contributed by atoms with Gasteiger partial charge in [0, 0.05) is 11.5 Å². The normalized spacial score (nSPS) is 14.8. The lowest BCUT2D eigenvalue weighted by molar-refractivity contribution is -0.870. The molecule has 0 saturated heterocycles. The summed E-state index contributed by atoms with van der Waals surface area (Å²) >= 11 is 0. The molecule has 0 saturated carbocycles. The van der Waals surface area contributed by atoms with Crippen LogP contribution in [0.5, 0.6) is 0 Å². The van der Waals surface area contributed by atoms with Gasteiger partial charge in [-0.1, -0.05) is 21.6 Å². The summed E-state index contributed by atoms with van der Waals surface area (Å²) in [6.07, 6.45) is -0.686. The standard InChI is InChI=1S/C14H30NO7PS2/c1-14(2,3)22-13(16)19-9-11-24-25-12-10-21-23(17,18)20-8-7-15(4,5)6/h7-12H2,1-6H3/p+1. The Bertz CT molecular complexity index is 438. The molecule has 150 valence electrons. The van der Waals surface area contributed by atoms with Gasteiger partial charge in [-0.3, -0.25) is 9.05 Å². The van der Waals surface area contributed by atoms with Gasteiger partial charge in [0.25, 0.3) is 0 Å². The minimum Gasteiger partial charge on any atom is -0.433 e. The van der Waals surface area contributed by atoms with Gasteiger partial charge in [0.1, 0.15) is 25.4 Å². The van der Waals surface area contributed by atoms with E-state index in [4.69, 9.17) is 18.5 Å². The van der Waals surface area contributed by atoms with Gasteiger partial charge >= 0.3 is 14.0 Å². The van der Waals surface area contributed by atoms with Crippen LogP contribution in [0.2, 0.25) is 0 Å². The van der Waals surface area contributed by atoms with Crippen molar-refractivity contribution in [3.05, 3.63) is 0 Å². The highest BCUT2D eigenvalue weighted by atomic mass is 33.1. The number of carbonyl (C=O) groups excluding carboxylic acids is 1. The second-order valence-electron chi connectivity index (χ2n) is 7.11. The van der Waals surface area contributed by atoms with Crippen LogP contribution >= 0.6 is 29.4 Å². The summed E-state index contributed by atoms with van der Waals surface area (Å²) in [5, 5.41) is 0. The Labute approximate surface area is 158 Å². The summed E-state index contributed by atoms with van der Waals surface area (Å²) in [4.78, 5) is 20.8. The van der Waals surface area contributed by atoms with Crippen molar-refractivity contribution in [2.75, 3.05) is 59.0 Å². The van der Waals surface area contributed by atoms with Crippen LogP contribution in [0.1, 0.15) is 20.8 Å². The fraction of sp³-hybridized carbons (Fsp3) is 0.929. The van der Waals surface area contributed by atoms with E-state index in [0.717, 1.165) is 0 Å². The van der Waals surface area contributed by atoms with Crippen molar-refractivity contribution in [2.24, 2.45) is 0 Å². The van der Waals surface area contributed by atoms with E-state index in [2.05, 4.69) is 0 Å². The Balaban J connectivity index is 3.60. The fourth-order valence-corrected chi connectivity index (χ4v) is 3.70. The molecule has 0 aromatic heterocycles. The Morgan fingerprint density at radius 2 is 1.56 bits per heavy atom.